The van der Waals surface area contributed by atoms with E-state index in [1.54, 1.807) is 37.3 Å². The van der Waals surface area contributed by atoms with E-state index in [1.165, 1.54) is 6.08 Å². The fourth-order valence-corrected chi connectivity index (χ4v) is 0.977. The molecule has 0 saturated heterocycles. The number of hydrogen-bond acceptors (Lipinski definition) is 1. The number of ketones is 1. The van der Waals surface area contributed by atoms with E-state index in [0.29, 0.717) is 0 Å². The van der Waals surface area contributed by atoms with Crippen LogP contribution in [0.3, 0.4) is 0 Å². The number of carbonyl (C=O) groups is 1. The molecule has 0 unspecified atom stereocenters. The average Bonchev–Trinajstić information content (AvgIpc) is 2.27. The van der Waals surface area contributed by atoms with E-state index in [4.69, 9.17) is 6.42 Å². The molecule has 72 valence electrons. The molecule has 0 spiro atoms. The Hall–Kier alpha value is -2.25. The molecule has 0 aliphatic rings. The van der Waals surface area contributed by atoms with E-state index in [-0.39, 0.29) is 5.78 Å². The summed E-state index contributed by atoms with van der Waals surface area (Å²) in [6, 6.07) is 7.19. The van der Waals surface area contributed by atoms with Gasteiger partial charge in [-0.3, -0.25) is 4.79 Å². The van der Waals surface area contributed by atoms with Crippen molar-refractivity contribution in [1.82, 2.24) is 0 Å². The summed E-state index contributed by atoms with van der Waals surface area (Å²) in [4.78, 5) is 11.0. The molecule has 0 heterocycles. The summed E-state index contributed by atoms with van der Waals surface area (Å²) in [5.41, 5.74) is 1.59. The lowest BCUT2D eigenvalue weighted by Gasteiger charge is -1.90. The minimum absolute atomic E-state index is 0.196. The van der Waals surface area contributed by atoms with Gasteiger partial charge in [-0.25, -0.2) is 0 Å². The van der Waals surface area contributed by atoms with Crippen LogP contribution >= 0.6 is 0 Å². The monoisotopic (exact) mass is 194 g/mol. The summed E-state index contributed by atoms with van der Waals surface area (Å²) < 4.78 is 0. The van der Waals surface area contributed by atoms with Gasteiger partial charge in [-0.05, 0) is 43.2 Å². The van der Waals surface area contributed by atoms with Crippen molar-refractivity contribution in [2.24, 2.45) is 0 Å². The molecule has 15 heavy (non-hydrogen) atoms. The van der Waals surface area contributed by atoms with Crippen LogP contribution in [0.4, 0.5) is 0 Å². The fourth-order valence-electron chi connectivity index (χ4n) is 0.977. The molecule has 1 nitrogen and oxygen atoms in total. The Bertz CT molecular complexity index is 473. The topological polar surface area (TPSA) is 17.1 Å². The van der Waals surface area contributed by atoms with Gasteiger partial charge in [0.2, 0.25) is 5.78 Å². The second kappa shape index (κ2) is 5.47. The summed E-state index contributed by atoms with van der Waals surface area (Å²) in [6.07, 6.45) is 8.31. The van der Waals surface area contributed by atoms with Crippen LogP contribution in [-0.2, 0) is 4.79 Å². The smallest absolute Gasteiger partial charge is 0.228 e. The van der Waals surface area contributed by atoms with Crippen molar-refractivity contribution in [3.8, 4) is 24.2 Å². The summed E-state index contributed by atoms with van der Waals surface area (Å²) in [5, 5.41) is 0. The molecule has 0 fully saturated rings. The molecule has 0 saturated carbocycles. The van der Waals surface area contributed by atoms with E-state index in [9.17, 15) is 4.79 Å². The number of hydrogen-bond donors (Lipinski definition) is 0. The molecule has 1 rings (SSSR count). The van der Waals surface area contributed by atoms with Gasteiger partial charge in [0, 0.05) is 11.1 Å². The van der Waals surface area contributed by atoms with E-state index < -0.39 is 0 Å². The first-order valence-electron chi connectivity index (χ1n) is 4.51. The zero-order valence-corrected chi connectivity index (χ0v) is 8.45. The van der Waals surface area contributed by atoms with Crippen LogP contribution in [0.25, 0.3) is 0 Å². The average molecular weight is 194 g/mol. The highest BCUT2D eigenvalue weighted by molar-refractivity contribution is 6.04. The molecular formula is C14H10O. The summed E-state index contributed by atoms with van der Waals surface area (Å²) in [5.74, 6) is 7.59. The molecule has 0 bridgehead atoms. The maximum atomic E-state index is 11.0. The van der Waals surface area contributed by atoms with Crippen LogP contribution in [0.15, 0.2) is 36.4 Å². The molecule has 0 atom stereocenters. The van der Waals surface area contributed by atoms with Gasteiger partial charge in [0.25, 0.3) is 0 Å². The number of benzene rings is 1. The maximum absolute atomic E-state index is 11.0. The standard InChI is InChI=1S/C14H10O/c1-3-5-14(15)11-10-13-8-6-12(4-2)7-9-13/h2-3,5-9H,1H3/b5-3+. The first kappa shape index (κ1) is 10.8. The van der Waals surface area contributed by atoms with E-state index in [0.717, 1.165) is 11.1 Å². The Morgan fingerprint density at radius 3 is 2.40 bits per heavy atom. The molecular weight excluding hydrogens is 184 g/mol. The van der Waals surface area contributed by atoms with Crippen molar-refractivity contribution >= 4 is 5.78 Å². The Kier molecular flexibility index (Phi) is 3.95. The van der Waals surface area contributed by atoms with Crippen molar-refractivity contribution < 1.29 is 4.79 Å². The van der Waals surface area contributed by atoms with Crippen LogP contribution in [0.2, 0.25) is 0 Å². The van der Waals surface area contributed by atoms with Gasteiger partial charge in [0.1, 0.15) is 0 Å². The summed E-state index contributed by atoms with van der Waals surface area (Å²) >= 11 is 0. The highest BCUT2D eigenvalue weighted by atomic mass is 16.1. The van der Waals surface area contributed by atoms with Crippen molar-refractivity contribution in [2.75, 3.05) is 0 Å². The molecule has 1 aromatic rings. The third-order valence-corrected chi connectivity index (χ3v) is 1.70. The lowest BCUT2D eigenvalue weighted by molar-refractivity contribution is -0.109. The van der Waals surface area contributed by atoms with E-state index in [2.05, 4.69) is 17.8 Å². The highest BCUT2D eigenvalue weighted by Crippen LogP contribution is 2.01. The largest absolute Gasteiger partial charge is 0.280 e. The van der Waals surface area contributed by atoms with Crippen molar-refractivity contribution in [3.63, 3.8) is 0 Å². The molecule has 1 aromatic carbocycles. The van der Waals surface area contributed by atoms with Gasteiger partial charge in [0.05, 0.1) is 0 Å². The Morgan fingerprint density at radius 2 is 1.87 bits per heavy atom. The van der Waals surface area contributed by atoms with Gasteiger partial charge in [-0.2, -0.15) is 0 Å². The number of allylic oxidation sites excluding steroid dienone is 2. The van der Waals surface area contributed by atoms with Gasteiger partial charge in [-0.1, -0.05) is 17.9 Å². The predicted octanol–water partition coefficient (Wildman–Crippen LogP) is 2.16. The van der Waals surface area contributed by atoms with Gasteiger partial charge >= 0.3 is 0 Å². The molecule has 0 radical (unpaired) electrons. The zero-order valence-electron chi connectivity index (χ0n) is 8.45. The van der Waals surface area contributed by atoms with Crippen LogP contribution in [0.1, 0.15) is 18.1 Å². The highest BCUT2D eigenvalue weighted by Gasteiger charge is 1.89. The molecule has 0 aliphatic carbocycles. The Labute approximate surface area is 89.8 Å². The SMILES string of the molecule is C#Cc1ccc(C#CC(=O)/C=C/C)cc1. The van der Waals surface area contributed by atoms with Crippen LogP contribution in [0.5, 0.6) is 0 Å². The second-order valence-electron chi connectivity index (χ2n) is 2.84. The normalized spacial score (nSPS) is 9.07. The zero-order chi connectivity index (χ0) is 11.1. The molecule has 1 heteroatoms. The third kappa shape index (κ3) is 3.55. The fraction of sp³-hybridized carbons (Fsp3) is 0.0714. The molecule has 0 amide bonds. The van der Waals surface area contributed by atoms with Crippen LogP contribution < -0.4 is 0 Å². The minimum atomic E-state index is -0.196. The van der Waals surface area contributed by atoms with Crippen LogP contribution in [0, 0.1) is 24.2 Å². The minimum Gasteiger partial charge on any atom is -0.280 e. The van der Waals surface area contributed by atoms with Crippen LogP contribution in [-0.4, -0.2) is 5.78 Å². The quantitative estimate of drug-likeness (QED) is 0.494. The lowest BCUT2D eigenvalue weighted by atomic mass is 10.1. The number of carbonyl (C=O) groups excluding carboxylic acids is 1. The maximum Gasteiger partial charge on any atom is 0.228 e. The van der Waals surface area contributed by atoms with Gasteiger partial charge < -0.3 is 0 Å². The number of terminal acetylenes is 1. The summed E-state index contributed by atoms with van der Waals surface area (Å²) in [7, 11) is 0. The van der Waals surface area contributed by atoms with Crippen molar-refractivity contribution in [1.29, 1.82) is 0 Å². The molecule has 0 aromatic heterocycles. The molecule has 0 N–H and O–H groups in total. The predicted molar refractivity (Wildman–Crippen MR) is 61.1 cm³/mol. The first-order valence-corrected chi connectivity index (χ1v) is 4.51. The van der Waals surface area contributed by atoms with Gasteiger partial charge in [-0.15, -0.1) is 6.42 Å². The Balaban J connectivity index is 2.82. The second-order valence-corrected chi connectivity index (χ2v) is 2.84. The third-order valence-electron chi connectivity index (χ3n) is 1.70. The summed E-state index contributed by atoms with van der Waals surface area (Å²) in [6.45, 7) is 1.78. The van der Waals surface area contributed by atoms with Crippen molar-refractivity contribution in [3.05, 3.63) is 47.5 Å². The molecule has 0 aliphatic heterocycles. The van der Waals surface area contributed by atoms with Gasteiger partial charge in [0.15, 0.2) is 0 Å². The van der Waals surface area contributed by atoms with E-state index >= 15 is 0 Å². The number of rotatable bonds is 1. The lowest BCUT2D eigenvalue weighted by Crippen LogP contribution is -1.85. The van der Waals surface area contributed by atoms with E-state index in [1.807, 2.05) is 0 Å². The first-order chi connectivity index (χ1) is 7.26. The Morgan fingerprint density at radius 1 is 1.27 bits per heavy atom. The van der Waals surface area contributed by atoms with Crippen molar-refractivity contribution in [2.45, 2.75) is 6.92 Å².